The quantitative estimate of drug-likeness (QED) is 0.402. The van der Waals surface area contributed by atoms with Gasteiger partial charge >= 0.3 is 0 Å². The van der Waals surface area contributed by atoms with Gasteiger partial charge in [-0.25, -0.2) is 0 Å². The maximum atomic E-state index is 6.39. The predicted octanol–water partition coefficient (Wildman–Crippen LogP) is 6.74. The summed E-state index contributed by atoms with van der Waals surface area (Å²) in [6.07, 6.45) is 5.64. The SMILES string of the molecule is Cc1nncc(Oc2cccc(C3CC3)c2)c1C1=NOCC(Cc2ccc(Cl)cc2Cl)C1. The van der Waals surface area contributed by atoms with Crippen molar-refractivity contribution in [3.63, 3.8) is 0 Å². The summed E-state index contributed by atoms with van der Waals surface area (Å²) in [5.41, 5.74) is 4.77. The molecule has 5 nitrogen and oxygen atoms in total. The van der Waals surface area contributed by atoms with Crippen molar-refractivity contribution in [1.82, 2.24) is 10.2 Å². The molecule has 2 aromatic carbocycles. The van der Waals surface area contributed by atoms with E-state index >= 15 is 0 Å². The molecular weight excluding hydrogens is 445 g/mol. The lowest BCUT2D eigenvalue weighted by Crippen LogP contribution is -2.23. The van der Waals surface area contributed by atoms with E-state index in [1.807, 2.05) is 31.2 Å². The molecule has 1 saturated carbocycles. The summed E-state index contributed by atoms with van der Waals surface area (Å²) < 4.78 is 6.27. The van der Waals surface area contributed by atoms with Crippen LogP contribution in [0, 0.1) is 12.8 Å². The van der Waals surface area contributed by atoms with Gasteiger partial charge in [-0.1, -0.05) is 46.6 Å². The zero-order valence-electron chi connectivity index (χ0n) is 17.7. The van der Waals surface area contributed by atoms with Crippen LogP contribution in [0.1, 0.15) is 47.6 Å². The van der Waals surface area contributed by atoms with Gasteiger partial charge < -0.3 is 9.57 Å². The van der Waals surface area contributed by atoms with Gasteiger partial charge in [-0.15, -0.1) is 0 Å². The molecular formula is C25H23Cl2N3O2. The zero-order chi connectivity index (χ0) is 22.1. The van der Waals surface area contributed by atoms with E-state index in [1.54, 1.807) is 12.3 Å². The van der Waals surface area contributed by atoms with Crippen LogP contribution in [0.4, 0.5) is 0 Å². The van der Waals surface area contributed by atoms with Crippen LogP contribution in [0.5, 0.6) is 11.5 Å². The molecule has 1 aromatic heterocycles. The predicted molar refractivity (Wildman–Crippen MR) is 126 cm³/mol. The van der Waals surface area contributed by atoms with Crippen LogP contribution >= 0.6 is 23.2 Å². The Hall–Kier alpha value is -2.63. The Kier molecular flexibility index (Phi) is 6.03. The first kappa shape index (κ1) is 21.2. The lowest BCUT2D eigenvalue weighted by Gasteiger charge is -2.23. The van der Waals surface area contributed by atoms with E-state index in [1.165, 1.54) is 18.4 Å². The number of rotatable bonds is 6. The van der Waals surface area contributed by atoms with Crippen molar-refractivity contribution >= 4 is 28.9 Å². The summed E-state index contributed by atoms with van der Waals surface area (Å²) in [5, 5.41) is 14.0. The molecule has 1 aliphatic heterocycles. The third-order valence-corrected chi connectivity index (χ3v) is 6.49. The van der Waals surface area contributed by atoms with Gasteiger partial charge in [0, 0.05) is 22.4 Å². The molecule has 2 aliphatic rings. The number of hydrogen-bond acceptors (Lipinski definition) is 5. The van der Waals surface area contributed by atoms with Crippen molar-refractivity contribution in [3.05, 3.63) is 81.1 Å². The average molecular weight is 468 g/mol. The van der Waals surface area contributed by atoms with Gasteiger partial charge in [0.25, 0.3) is 0 Å². The first-order valence-corrected chi connectivity index (χ1v) is 11.6. The second-order valence-electron chi connectivity index (χ2n) is 8.46. The van der Waals surface area contributed by atoms with E-state index in [0.29, 0.717) is 28.3 Å². The number of ether oxygens (including phenoxy) is 1. The maximum absolute atomic E-state index is 6.39. The van der Waals surface area contributed by atoms with Crippen LogP contribution in [0.3, 0.4) is 0 Å². The lowest BCUT2D eigenvalue weighted by atomic mass is 9.91. The molecule has 0 radical (unpaired) electrons. The lowest BCUT2D eigenvalue weighted by molar-refractivity contribution is 0.0944. The normalized spacial score (nSPS) is 18.1. The van der Waals surface area contributed by atoms with E-state index < -0.39 is 0 Å². The Balaban J connectivity index is 1.38. The van der Waals surface area contributed by atoms with Gasteiger partial charge in [-0.2, -0.15) is 10.2 Å². The third-order valence-electron chi connectivity index (χ3n) is 5.90. The largest absolute Gasteiger partial charge is 0.455 e. The summed E-state index contributed by atoms with van der Waals surface area (Å²) in [6, 6.07) is 13.9. The number of halogens is 2. The number of hydrogen-bond donors (Lipinski definition) is 0. The summed E-state index contributed by atoms with van der Waals surface area (Å²) in [6.45, 7) is 2.44. The van der Waals surface area contributed by atoms with Gasteiger partial charge in [0.15, 0.2) is 5.75 Å². The molecule has 164 valence electrons. The summed E-state index contributed by atoms with van der Waals surface area (Å²) in [7, 11) is 0. The van der Waals surface area contributed by atoms with Crippen molar-refractivity contribution < 1.29 is 9.57 Å². The van der Waals surface area contributed by atoms with Gasteiger partial charge in [0.2, 0.25) is 0 Å². The Morgan fingerprint density at radius 1 is 1.12 bits per heavy atom. The van der Waals surface area contributed by atoms with E-state index in [9.17, 15) is 0 Å². The highest BCUT2D eigenvalue weighted by Gasteiger charge is 2.26. The zero-order valence-corrected chi connectivity index (χ0v) is 19.2. The van der Waals surface area contributed by atoms with Gasteiger partial charge in [-0.3, -0.25) is 0 Å². The highest BCUT2D eigenvalue weighted by atomic mass is 35.5. The van der Waals surface area contributed by atoms with Crippen molar-refractivity contribution in [1.29, 1.82) is 0 Å². The first-order valence-electron chi connectivity index (χ1n) is 10.8. The second-order valence-corrected chi connectivity index (χ2v) is 9.31. The minimum atomic E-state index is 0.222. The van der Waals surface area contributed by atoms with Gasteiger partial charge in [-0.05, 0) is 67.5 Å². The molecule has 3 aromatic rings. The monoisotopic (exact) mass is 467 g/mol. The molecule has 0 bridgehead atoms. The Morgan fingerprint density at radius 3 is 2.81 bits per heavy atom. The molecule has 1 atom stereocenters. The van der Waals surface area contributed by atoms with Gasteiger partial charge in [0.05, 0.1) is 23.2 Å². The summed E-state index contributed by atoms with van der Waals surface area (Å²) in [4.78, 5) is 5.62. The number of benzene rings is 2. The molecule has 0 saturated heterocycles. The fourth-order valence-corrected chi connectivity index (χ4v) is 4.62. The molecule has 0 amide bonds. The van der Waals surface area contributed by atoms with E-state index in [2.05, 4.69) is 27.5 Å². The molecule has 1 unspecified atom stereocenters. The van der Waals surface area contributed by atoms with E-state index in [0.717, 1.165) is 41.1 Å². The number of aryl methyl sites for hydroxylation is 1. The molecule has 0 N–H and O–H groups in total. The Labute approximate surface area is 197 Å². The van der Waals surface area contributed by atoms with E-state index in [-0.39, 0.29) is 5.92 Å². The average Bonchev–Trinajstić information content (AvgIpc) is 3.62. The topological polar surface area (TPSA) is 56.6 Å². The fraction of sp³-hybridized carbons (Fsp3) is 0.320. The number of nitrogens with zero attached hydrogens (tertiary/aromatic N) is 3. The van der Waals surface area contributed by atoms with Gasteiger partial charge in [0.1, 0.15) is 12.4 Å². The molecule has 1 aliphatic carbocycles. The van der Waals surface area contributed by atoms with Crippen molar-refractivity contribution in [2.24, 2.45) is 11.1 Å². The summed E-state index contributed by atoms with van der Waals surface area (Å²) in [5.74, 6) is 2.31. The number of aromatic nitrogens is 2. The second kappa shape index (κ2) is 9.08. The van der Waals surface area contributed by atoms with Crippen LogP contribution in [0.15, 0.2) is 53.8 Å². The van der Waals surface area contributed by atoms with E-state index in [4.69, 9.17) is 32.8 Å². The van der Waals surface area contributed by atoms with Crippen LogP contribution in [-0.4, -0.2) is 22.5 Å². The molecule has 1 fully saturated rings. The summed E-state index contributed by atoms with van der Waals surface area (Å²) >= 11 is 12.4. The van der Waals surface area contributed by atoms with Crippen molar-refractivity contribution in [3.8, 4) is 11.5 Å². The van der Waals surface area contributed by atoms with Crippen molar-refractivity contribution in [2.75, 3.05) is 6.61 Å². The third kappa shape index (κ3) is 4.74. The highest BCUT2D eigenvalue weighted by Crippen LogP contribution is 2.41. The van der Waals surface area contributed by atoms with Crippen LogP contribution < -0.4 is 4.74 Å². The molecule has 2 heterocycles. The van der Waals surface area contributed by atoms with Crippen molar-refractivity contribution in [2.45, 2.75) is 38.5 Å². The maximum Gasteiger partial charge on any atom is 0.158 e. The smallest absolute Gasteiger partial charge is 0.158 e. The molecule has 32 heavy (non-hydrogen) atoms. The first-order chi connectivity index (χ1) is 15.6. The number of oxime groups is 1. The van der Waals surface area contributed by atoms with Crippen LogP contribution in [0.2, 0.25) is 10.0 Å². The minimum absolute atomic E-state index is 0.222. The highest BCUT2D eigenvalue weighted by molar-refractivity contribution is 6.35. The van der Waals surface area contributed by atoms with Crippen LogP contribution in [0.25, 0.3) is 0 Å². The standard InChI is InChI=1S/C25H23Cl2N3O2/c1-15-25(23-10-16(14-31-30-23)9-19-7-8-20(26)12-22(19)27)24(13-28-29-15)32-21-4-2-3-18(11-21)17-5-6-17/h2-4,7-8,11-13,16-17H,5-6,9-10,14H2,1H3. The molecule has 7 heteroatoms. The van der Waals surface area contributed by atoms with Crippen LogP contribution in [-0.2, 0) is 11.3 Å². The Morgan fingerprint density at radius 2 is 2.00 bits per heavy atom. The molecule has 0 spiro atoms. The minimum Gasteiger partial charge on any atom is -0.455 e. The fourth-order valence-electron chi connectivity index (χ4n) is 4.13. The molecule has 5 rings (SSSR count). The Bertz CT molecular complexity index is 1180.